The van der Waals surface area contributed by atoms with Gasteiger partial charge in [-0.2, -0.15) is 0 Å². The molecule has 0 aliphatic carbocycles. The summed E-state index contributed by atoms with van der Waals surface area (Å²) in [5, 5.41) is 5.79. The van der Waals surface area contributed by atoms with Crippen LogP contribution in [-0.4, -0.2) is 21.5 Å². The summed E-state index contributed by atoms with van der Waals surface area (Å²) in [5.74, 6) is 0. The number of carbonyl (C=O) groups is 1. The van der Waals surface area contributed by atoms with Crippen molar-refractivity contribution in [3.63, 3.8) is 0 Å². The van der Waals surface area contributed by atoms with Crippen LogP contribution in [0.5, 0.6) is 0 Å². The number of ether oxygens (including phenoxy) is 1. The second-order valence-corrected chi connectivity index (χ2v) is 4.02. The third kappa shape index (κ3) is 1.62. The smallest absolute Gasteiger partial charge is 0.151 e. The van der Waals surface area contributed by atoms with Crippen molar-refractivity contribution < 1.29 is 9.53 Å². The third-order valence-corrected chi connectivity index (χ3v) is 2.79. The molecule has 13 heavy (non-hydrogen) atoms. The molecule has 0 amide bonds. The molecule has 1 saturated heterocycles. The van der Waals surface area contributed by atoms with Gasteiger partial charge in [0.1, 0.15) is 17.4 Å². The summed E-state index contributed by atoms with van der Waals surface area (Å²) in [6.07, 6.45) is 2.43. The summed E-state index contributed by atoms with van der Waals surface area (Å²) in [5.41, 5.74) is 0.226. The highest BCUT2D eigenvalue weighted by Crippen LogP contribution is 2.37. The van der Waals surface area contributed by atoms with Crippen molar-refractivity contribution >= 4 is 17.8 Å². The first kappa shape index (κ1) is 8.77. The maximum absolute atomic E-state index is 10.7. The van der Waals surface area contributed by atoms with Crippen molar-refractivity contribution in [3.8, 4) is 0 Å². The highest BCUT2D eigenvalue weighted by molar-refractivity contribution is 7.03. The summed E-state index contributed by atoms with van der Waals surface area (Å²) in [6, 6.07) is 0. The van der Waals surface area contributed by atoms with E-state index in [4.69, 9.17) is 4.74 Å². The fraction of sp³-hybridized carbons (Fsp3) is 0.625. The van der Waals surface area contributed by atoms with E-state index < -0.39 is 5.60 Å². The van der Waals surface area contributed by atoms with E-state index in [0.717, 1.165) is 24.8 Å². The van der Waals surface area contributed by atoms with Gasteiger partial charge in [0.2, 0.25) is 0 Å². The molecule has 0 aromatic carbocycles. The van der Waals surface area contributed by atoms with Crippen LogP contribution in [0.1, 0.15) is 31.6 Å². The van der Waals surface area contributed by atoms with Crippen LogP contribution in [0, 0.1) is 0 Å². The summed E-state index contributed by atoms with van der Waals surface area (Å²) >= 11 is 1.30. The summed E-state index contributed by atoms with van der Waals surface area (Å²) in [7, 11) is 0. The molecule has 0 saturated carbocycles. The topological polar surface area (TPSA) is 52.1 Å². The minimum absolute atomic E-state index is 0.0473. The van der Waals surface area contributed by atoms with Gasteiger partial charge >= 0.3 is 0 Å². The minimum Gasteiger partial charge on any atom is -0.358 e. The molecule has 0 N–H and O–H groups in total. The van der Waals surface area contributed by atoms with Crippen LogP contribution in [0.2, 0.25) is 0 Å². The molecular formula is C8H10N2O2S. The first-order chi connectivity index (χ1) is 6.23. The lowest BCUT2D eigenvalue weighted by Gasteiger charge is -2.16. The molecule has 1 aromatic heterocycles. The summed E-state index contributed by atoms with van der Waals surface area (Å²) in [4.78, 5) is 10.7. The van der Waals surface area contributed by atoms with Gasteiger partial charge in [0, 0.05) is 5.38 Å². The Hall–Kier alpha value is -0.810. The second-order valence-electron chi connectivity index (χ2n) is 3.41. The zero-order chi connectivity index (χ0) is 9.31. The van der Waals surface area contributed by atoms with Crippen LogP contribution in [0.15, 0.2) is 5.38 Å². The first-order valence-corrected chi connectivity index (χ1v) is 4.98. The third-order valence-electron chi connectivity index (χ3n) is 2.27. The molecule has 2 atom stereocenters. The number of hydrogen-bond acceptors (Lipinski definition) is 5. The minimum atomic E-state index is -0.617. The number of hydrogen-bond donors (Lipinski definition) is 0. The predicted molar refractivity (Wildman–Crippen MR) is 47.4 cm³/mol. The van der Waals surface area contributed by atoms with Crippen molar-refractivity contribution in [3.05, 3.63) is 11.1 Å². The molecule has 5 heteroatoms. The van der Waals surface area contributed by atoms with Crippen LogP contribution in [0.3, 0.4) is 0 Å². The highest BCUT2D eigenvalue weighted by Gasteiger charge is 2.37. The van der Waals surface area contributed by atoms with Crippen molar-refractivity contribution in [1.82, 2.24) is 9.59 Å². The highest BCUT2D eigenvalue weighted by atomic mass is 32.1. The van der Waals surface area contributed by atoms with E-state index in [0.29, 0.717) is 0 Å². The van der Waals surface area contributed by atoms with Crippen LogP contribution >= 0.6 is 11.5 Å². The van der Waals surface area contributed by atoms with E-state index in [1.807, 2.05) is 5.38 Å². The molecule has 0 bridgehead atoms. The Morgan fingerprint density at radius 1 is 1.85 bits per heavy atom. The molecule has 0 spiro atoms. The second kappa shape index (κ2) is 3.16. The largest absolute Gasteiger partial charge is 0.358 e. The van der Waals surface area contributed by atoms with Crippen molar-refractivity contribution in [2.24, 2.45) is 0 Å². The summed E-state index contributed by atoms with van der Waals surface area (Å²) < 4.78 is 9.34. The van der Waals surface area contributed by atoms with Gasteiger partial charge in [-0.15, -0.1) is 5.10 Å². The van der Waals surface area contributed by atoms with Crippen molar-refractivity contribution in [2.75, 3.05) is 0 Å². The van der Waals surface area contributed by atoms with Gasteiger partial charge in [0.25, 0.3) is 0 Å². The lowest BCUT2D eigenvalue weighted by Crippen LogP contribution is -2.24. The van der Waals surface area contributed by atoms with Gasteiger partial charge in [-0.1, -0.05) is 4.49 Å². The zero-order valence-electron chi connectivity index (χ0n) is 7.27. The van der Waals surface area contributed by atoms with Gasteiger partial charge in [-0.3, -0.25) is 0 Å². The molecule has 1 aliphatic heterocycles. The Labute approximate surface area is 80.1 Å². The molecule has 4 nitrogen and oxygen atoms in total. The molecular weight excluding hydrogens is 188 g/mol. The van der Waals surface area contributed by atoms with Crippen molar-refractivity contribution in [1.29, 1.82) is 0 Å². The Morgan fingerprint density at radius 2 is 2.69 bits per heavy atom. The lowest BCUT2D eigenvalue weighted by molar-refractivity contribution is -0.127. The van der Waals surface area contributed by atoms with E-state index in [9.17, 15) is 4.79 Å². The van der Waals surface area contributed by atoms with Gasteiger partial charge in [-0.25, -0.2) is 0 Å². The Bertz CT molecular complexity index is 301. The molecule has 2 rings (SSSR count). The molecule has 0 radical (unpaired) electrons. The molecule has 70 valence electrons. The molecule has 1 aromatic rings. The summed E-state index contributed by atoms with van der Waals surface area (Å²) in [6.45, 7) is 1.81. The maximum Gasteiger partial charge on any atom is 0.151 e. The fourth-order valence-electron chi connectivity index (χ4n) is 1.47. The molecule has 1 fully saturated rings. The van der Waals surface area contributed by atoms with Crippen molar-refractivity contribution in [2.45, 2.75) is 31.5 Å². The zero-order valence-corrected chi connectivity index (χ0v) is 8.08. The van der Waals surface area contributed by atoms with Crippen LogP contribution in [0.4, 0.5) is 0 Å². The average Bonchev–Trinajstić information content (AvgIpc) is 2.73. The number of aromatic nitrogens is 2. The monoisotopic (exact) mass is 198 g/mol. The van der Waals surface area contributed by atoms with Crippen LogP contribution in [-0.2, 0) is 9.53 Å². The van der Waals surface area contributed by atoms with E-state index in [1.165, 1.54) is 11.5 Å². The first-order valence-electron chi connectivity index (χ1n) is 4.15. The Balaban J connectivity index is 2.11. The van der Waals surface area contributed by atoms with Crippen LogP contribution < -0.4 is 0 Å². The van der Waals surface area contributed by atoms with E-state index in [2.05, 4.69) is 9.59 Å². The van der Waals surface area contributed by atoms with E-state index in [-0.39, 0.29) is 6.10 Å². The van der Waals surface area contributed by atoms with E-state index in [1.54, 1.807) is 6.92 Å². The number of rotatable bonds is 2. The normalized spacial score (nSPS) is 33.5. The quantitative estimate of drug-likeness (QED) is 0.673. The maximum atomic E-state index is 10.7. The number of carbonyl (C=O) groups excluding carboxylic acids is 1. The Morgan fingerprint density at radius 3 is 3.23 bits per heavy atom. The molecule has 2 unspecified atom stereocenters. The predicted octanol–water partition coefficient (Wildman–Crippen LogP) is 1.35. The molecule has 2 heterocycles. The van der Waals surface area contributed by atoms with Gasteiger partial charge in [0.05, 0.1) is 0 Å². The standard InChI is InChI=1S/C8H10N2O2S/c1-8(5-11)3-2-7(12-8)6-4-13-10-9-6/h4-5,7H,2-3H2,1H3. The van der Waals surface area contributed by atoms with Gasteiger partial charge in [-0.05, 0) is 31.3 Å². The SMILES string of the molecule is CC1(C=O)CCC(c2csnn2)O1. The number of nitrogens with zero attached hydrogens (tertiary/aromatic N) is 2. The Kier molecular flexibility index (Phi) is 2.13. The number of aldehydes is 1. The fourth-order valence-corrected chi connectivity index (χ4v) is 1.96. The van der Waals surface area contributed by atoms with Gasteiger partial charge < -0.3 is 9.53 Å². The molecule has 1 aliphatic rings. The van der Waals surface area contributed by atoms with E-state index >= 15 is 0 Å². The lowest BCUT2D eigenvalue weighted by atomic mass is 10.0. The van der Waals surface area contributed by atoms with Gasteiger partial charge in [0.15, 0.2) is 6.29 Å². The average molecular weight is 198 g/mol. The van der Waals surface area contributed by atoms with Crippen LogP contribution in [0.25, 0.3) is 0 Å².